The van der Waals surface area contributed by atoms with Gasteiger partial charge in [-0.15, -0.1) is 0 Å². The zero-order chi connectivity index (χ0) is 21.2. The van der Waals surface area contributed by atoms with Gasteiger partial charge in [-0.25, -0.2) is 8.42 Å². The summed E-state index contributed by atoms with van der Waals surface area (Å²) in [5.41, 5.74) is -1.36. The standard InChI is InChI=1S/C20H20F3NO4S/c21-20(22,23)17-10-11-18(24-19(17)26)16(3-1-2-12-25)13-4-6-14(7-5-13)29(27,28)15-8-9-15/h3-7,10-11,15,25H,1-2,8-9,12H2,(H,24,26)/b16-3+. The molecule has 1 fully saturated rings. The highest BCUT2D eigenvalue weighted by molar-refractivity contribution is 7.92. The van der Waals surface area contributed by atoms with Crippen LogP contribution in [0.15, 0.2) is 52.2 Å². The molecule has 1 aliphatic carbocycles. The lowest BCUT2D eigenvalue weighted by Crippen LogP contribution is -2.22. The topological polar surface area (TPSA) is 87.2 Å². The fraction of sp³-hybridized carbons (Fsp3) is 0.350. The van der Waals surface area contributed by atoms with Crippen molar-refractivity contribution in [3.8, 4) is 0 Å². The first-order valence-electron chi connectivity index (χ1n) is 9.11. The van der Waals surface area contributed by atoms with Crippen molar-refractivity contribution < 1.29 is 26.7 Å². The number of sulfone groups is 1. The SMILES string of the molecule is O=c1[nH]c(/C(=C/CCCO)c2ccc(S(=O)(=O)C3CC3)cc2)ccc1C(F)(F)F. The summed E-state index contributed by atoms with van der Waals surface area (Å²) in [4.78, 5) is 14.3. The molecule has 0 spiro atoms. The Morgan fingerprint density at radius 2 is 1.79 bits per heavy atom. The van der Waals surface area contributed by atoms with Crippen LogP contribution in [0, 0.1) is 0 Å². The minimum absolute atomic E-state index is 0.0636. The summed E-state index contributed by atoms with van der Waals surface area (Å²) in [6, 6.07) is 7.95. The molecule has 0 atom stereocenters. The fourth-order valence-electron chi connectivity index (χ4n) is 2.97. The number of alkyl halides is 3. The average molecular weight is 427 g/mol. The number of hydrogen-bond acceptors (Lipinski definition) is 4. The number of aliphatic hydroxyl groups excluding tert-OH is 1. The minimum Gasteiger partial charge on any atom is -0.396 e. The van der Waals surface area contributed by atoms with E-state index >= 15 is 0 Å². The van der Waals surface area contributed by atoms with Crippen molar-refractivity contribution in [3.63, 3.8) is 0 Å². The van der Waals surface area contributed by atoms with Crippen molar-refractivity contribution >= 4 is 15.4 Å². The number of aromatic amines is 1. The van der Waals surface area contributed by atoms with Crippen LogP contribution in [0.3, 0.4) is 0 Å². The van der Waals surface area contributed by atoms with Crippen LogP contribution in [0.25, 0.3) is 5.57 Å². The highest BCUT2D eigenvalue weighted by Crippen LogP contribution is 2.34. The number of aromatic nitrogens is 1. The van der Waals surface area contributed by atoms with Gasteiger partial charge in [0, 0.05) is 17.9 Å². The second-order valence-corrected chi connectivity index (χ2v) is 9.09. The summed E-state index contributed by atoms with van der Waals surface area (Å²) >= 11 is 0. The first-order chi connectivity index (χ1) is 13.6. The number of pyridine rings is 1. The smallest absolute Gasteiger partial charge is 0.396 e. The van der Waals surface area contributed by atoms with E-state index in [2.05, 4.69) is 4.98 Å². The van der Waals surface area contributed by atoms with Gasteiger partial charge in [-0.3, -0.25) is 4.79 Å². The summed E-state index contributed by atoms with van der Waals surface area (Å²) in [6.45, 7) is -0.0636. The Hall–Kier alpha value is -2.39. The number of nitrogens with one attached hydrogen (secondary N) is 1. The third kappa shape index (κ3) is 4.79. The minimum atomic E-state index is -4.76. The lowest BCUT2D eigenvalue weighted by molar-refractivity contribution is -0.138. The number of hydrogen-bond donors (Lipinski definition) is 2. The van der Waals surface area contributed by atoms with Gasteiger partial charge in [-0.05, 0) is 55.5 Å². The monoisotopic (exact) mass is 427 g/mol. The van der Waals surface area contributed by atoms with E-state index in [-0.39, 0.29) is 22.4 Å². The lowest BCUT2D eigenvalue weighted by atomic mass is 10.00. The molecular formula is C20H20F3NO4S. The normalized spacial score (nSPS) is 15.5. The molecule has 2 aromatic rings. The predicted octanol–water partition coefficient (Wildman–Crippen LogP) is 3.53. The summed E-state index contributed by atoms with van der Waals surface area (Å²) in [5, 5.41) is 8.65. The molecule has 0 amide bonds. The maximum Gasteiger partial charge on any atom is 0.421 e. The number of unbranched alkanes of at least 4 members (excludes halogenated alkanes) is 1. The highest BCUT2D eigenvalue weighted by Gasteiger charge is 2.37. The maximum atomic E-state index is 12.9. The second kappa shape index (κ2) is 8.16. The number of allylic oxidation sites excluding steroid dienone is 1. The van der Waals surface area contributed by atoms with Gasteiger partial charge < -0.3 is 10.1 Å². The average Bonchev–Trinajstić information content (AvgIpc) is 3.50. The fourth-order valence-corrected chi connectivity index (χ4v) is 4.63. The van der Waals surface area contributed by atoms with Crippen molar-refractivity contribution in [3.05, 3.63) is 69.6 Å². The summed E-state index contributed by atoms with van der Waals surface area (Å²) in [5.74, 6) is 0. The molecule has 1 aliphatic rings. The first-order valence-corrected chi connectivity index (χ1v) is 10.7. The number of halogens is 3. The summed E-state index contributed by atoms with van der Waals surface area (Å²) in [6.07, 6.45) is -0.920. The van der Waals surface area contributed by atoms with Crippen LogP contribution in [-0.4, -0.2) is 30.4 Å². The largest absolute Gasteiger partial charge is 0.421 e. The van der Waals surface area contributed by atoms with E-state index in [0.717, 1.165) is 6.07 Å². The molecule has 156 valence electrons. The quantitative estimate of drug-likeness (QED) is 0.662. The van der Waals surface area contributed by atoms with Crippen LogP contribution >= 0.6 is 0 Å². The van der Waals surface area contributed by atoms with Crippen LogP contribution in [0.2, 0.25) is 0 Å². The van der Waals surface area contributed by atoms with Crippen molar-refractivity contribution in [1.82, 2.24) is 4.98 Å². The molecule has 1 heterocycles. The highest BCUT2D eigenvalue weighted by atomic mass is 32.2. The number of aliphatic hydroxyl groups is 1. The Morgan fingerprint density at radius 3 is 2.31 bits per heavy atom. The van der Waals surface area contributed by atoms with Crippen LogP contribution < -0.4 is 5.56 Å². The van der Waals surface area contributed by atoms with E-state index in [9.17, 15) is 26.4 Å². The Morgan fingerprint density at radius 1 is 1.14 bits per heavy atom. The zero-order valence-corrected chi connectivity index (χ0v) is 16.2. The van der Waals surface area contributed by atoms with Gasteiger partial charge >= 0.3 is 6.18 Å². The van der Waals surface area contributed by atoms with Gasteiger partial charge in [0.1, 0.15) is 5.56 Å². The zero-order valence-electron chi connectivity index (χ0n) is 15.4. The molecule has 3 rings (SSSR count). The molecule has 9 heteroatoms. The Kier molecular flexibility index (Phi) is 6.00. The molecule has 0 aliphatic heterocycles. The molecule has 1 saturated carbocycles. The van der Waals surface area contributed by atoms with Crippen LogP contribution in [-0.2, 0) is 16.0 Å². The molecule has 1 aromatic carbocycles. The van der Waals surface area contributed by atoms with Gasteiger partial charge in [-0.1, -0.05) is 18.2 Å². The summed E-state index contributed by atoms with van der Waals surface area (Å²) < 4.78 is 63.3. The molecule has 1 aromatic heterocycles. The van der Waals surface area contributed by atoms with E-state index in [1.807, 2.05) is 0 Å². The van der Waals surface area contributed by atoms with Gasteiger partial charge in [0.05, 0.1) is 10.1 Å². The first kappa shape index (κ1) is 21.3. The molecule has 0 saturated heterocycles. The van der Waals surface area contributed by atoms with Gasteiger partial charge in [0.2, 0.25) is 0 Å². The van der Waals surface area contributed by atoms with E-state index in [1.54, 1.807) is 18.2 Å². The van der Waals surface area contributed by atoms with E-state index in [0.29, 0.717) is 36.8 Å². The Balaban J connectivity index is 1.99. The van der Waals surface area contributed by atoms with Crippen LogP contribution in [0.1, 0.15) is 42.5 Å². The lowest BCUT2D eigenvalue weighted by Gasteiger charge is -2.12. The number of H-pyrrole nitrogens is 1. The van der Waals surface area contributed by atoms with Crippen molar-refractivity contribution in [2.24, 2.45) is 0 Å². The molecule has 0 unspecified atom stereocenters. The predicted molar refractivity (Wildman–Crippen MR) is 102 cm³/mol. The third-order valence-electron chi connectivity index (χ3n) is 4.67. The van der Waals surface area contributed by atoms with E-state index in [4.69, 9.17) is 5.11 Å². The van der Waals surface area contributed by atoms with Gasteiger partial charge in [0.25, 0.3) is 5.56 Å². The van der Waals surface area contributed by atoms with Crippen molar-refractivity contribution in [2.45, 2.75) is 42.0 Å². The molecule has 0 radical (unpaired) electrons. The Labute approximate surface area is 165 Å². The van der Waals surface area contributed by atoms with Crippen LogP contribution in [0.5, 0.6) is 0 Å². The van der Waals surface area contributed by atoms with Crippen molar-refractivity contribution in [2.75, 3.05) is 6.61 Å². The molecule has 2 N–H and O–H groups in total. The second-order valence-electron chi connectivity index (χ2n) is 6.86. The van der Waals surface area contributed by atoms with Crippen molar-refractivity contribution in [1.29, 1.82) is 0 Å². The van der Waals surface area contributed by atoms with E-state index in [1.165, 1.54) is 18.2 Å². The number of rotatable bonds is 7. The van der Waals surface area contributed by atoms with E-state index < -0.39 is 27.1 Å². The van der Waals surface area contributed by atoms with Gasteiger partial charge in [0.15, 0.2) is 9.84 Å². The third-order valence-corrected chi connectivity index (χ3v) is 6.95. The van der Waals surface area contributed by atoms with Gasteiger partial charge in [-0.2, -0.15) is 13.2 Å². The maximum absolute atomic E-state index is 12.9. The van der Waals surface area contributed by atoms with Crippen LogP contribution in [0.4, 0.5) is 13.2 Å². The number of benzene rings is 1. The Bertz CT molecular complexity index is 1070. The summed E-state index contributed by atoms with van der Waals surface area (Å²) in [7, 11) is -3.36. The molecule has 5 nitrogen and oxygen atoms in total. The molecule has 0 bridgehead atoms. The molecule has 29 heavy (non-hydrogen) atoms. The molecular weight excluding hydrogens is 407 g/mol.